The number of ether oxygens (including phenoxy) is 2. The van der Waals surface area contributed by atoms with Gasteiger partial charge in [-0.3, -0.25) is 0 Å². The molecule has 2 fully saturated rings. The molecular formula is C13H17N3O4. The van der Waals surface area contributed by atoms with Gasteiger partial charge in [-0.05, 0) is 12.5 Å². The van der Waals surface area contributed by atoms with Crippen LogP contribution in [-0.4, -0.2) is 48.2 Å². The average Bonchev–Trinajstić information content (AvgIpc) is 2.86. The summed E-state index contributed by atoms with van der Waals surface area (Å²) in [6, 6.07) is 1.43. The molecule has 1 aromatic heterocycles. The zero-order valence-electron chi connectivity index (χ0n) is 11.0. The Bertz CT molecular complexity index is 528. The van der Waals surface area contributed by atoms with E-state index in [0.29, 0.717) is 31.3 Å². The Morgan fingerprint density at radius 1 is 1.45 bits per heavy atom. The number of nitrogens with two attached hydrogens (primary N) is 1. The number of carboxylic acids is 1. The molecule has 1 spiro atoms. The summed E-state index contributed by atoms with van der Waals surface area (Å²) in [6.07, 6.45) is 3.10. The van der Waals surface area contributed by atoms with E-state index in [1.54, 1.807) is 0 Å². The van der Waals surface area contributed by atoms with Crippen molar-refractivity contribution in [3.8, 4) is 0 Å². The van der Waals surface area contributed by atoms with Gasteiger partial charge < -0.3 is 25.2 Å². The maximum Gasteiger partial charge on any atom is 0.337 e. The number of nitrogen functional groups attached to an aromatic ring is 1. The number of pyridine rings is 1. The number of aromatic nitrogens is 1. The minimum Gasteiger partial charge on any atom is -0.478 e. The van der Waals surface area contributed by atoms with Gasteiger partial charge in [0.05, 0.1) is 31.0 Å². The minimum absolute atomic E-state index is 0.0892. The van der Waals surface area contributed by atoms with Crippen molar-refractivity contribution >= 4 is 17.5 Å². The van der Waals surface area contributed by atoms with Crippen molar-refractivity contribution in [3.05, 3.63) is 17.8 Å². The van der Waals surface area contributed by atoms with E-state index in [0.717, 1.165) is 19.4 Å². The summed E-state index contributed by atoms with van der Waals surface area (Å²) in [5, 5.41) is 8.93. The monoisotopic (exact) mass is 279 g/mol. The number of nitrogens with zero attached hydrogens (tertiary/aromatic N) is 2. The Kier molecular flexibility index (Phi) is 3.23. The lowest BCUT2D eigenvalue weighted by atomic mass is 10.0. The molecule has 0 unspecified atom stereocenters. The molecular weight excluding hydrogens is 262 g/mol. The van der Waals surface area contributed by atoms with Crippen LogP contribution in [0.15, 0.2) is 12.3 Å². The Morgan fingerprint density at radius 2 is 2.20 bits per heavy atom. The molecule has 20 heavy (non-hydrogen) atoms. The molecule has 0 aliphatic carbocycles. The van der Waals surface area contributed by atoms with E-state index in [1.807, 2.05) is 4.90 Å². The number of aromatic carboxylic acids is 1. The summed E-state index contributed by atoms with van der Waals surface area (Å²) in [5.41, 5.74) is 6.38. The van der Waals surface area contributed by atoms with Gasteiger partial charge in [-0.25, -0.2) is 9.78 Å². The molecule has 0 amide bonds. The first-order chi connectivity index (χ1) is 9.60. The van der Waals surface area contributed by atoms with Crippen LogP contribution in [0.1, 0.15) is 23.2 Å². The van der Waals surface area contributed by atoms with Gasteiger partial charge in [0.25, 0.3) is 0 Å². The highest BCUT2D eigenvalue weighted by Gasteiger charge is 2.41. The van der Waals surface area contributed by atoms with Crippen LogP contribution in [-0.2, 0) is 9.47 Å². The van der Waals surface area contributed by atoms with Crippen LogP contribution in [0.4, 0.5) is 11.5 Å². The van der Waals surface area contributed by atoms with Gasteiger partial charge in [0.1, 0.15) is 0 Å². The molecule has 3 N–H and O–H groups in total. The molecule has 0 aromatic carbocycles. The smallest absolute Gasteiger partial charge is 0.337 e. The number of carboxylic acid groups (broad SMARTS) is 1. The largest absolute Gasteiger partial charge is 0.478 e. The topological polar surface area (TPSA) is 97.9 Å². The average molecular weight is 279 g/mol. The molecule has 0 bridgehead atoms. The molecule has 2 saturated heterocycles. The molecule has 0 atom stereocenters. The maximum atomic E-state index is 10.9. The standard InChI is InChI=1S/C13H17N3O4/c14-10-6-9(12(17)18)7-15-11(10)16-3-1-2-13(8-16)19-4-5-20-13/h6-7H,1-5,8,14H2,(H,17,18). The lowest BCUT2D eigenvalue weighted by Gasteiger charge is -2.39. The zero-order valence-corrected chi connectivity index (χ0v) is 11.0. The van der Waals surface area contributed by atoms with E-state index < -0.39 is 11.8 Å². The van der Waals surface area contributed by atoms with Crippen molar-refractivity contribution in [2.24, 2.45) is 0 Å². The Labute approximate surface area is 116 Å². The summed E-state index contributed by atoms with van der Waals surface area (Å²) in [4.78, 5) is 17.1. The predicted molar refractivity (Wildman–Crippen MR) is 71.7 cm³/mol. The molecule has 2 aliphatic rings. The normalized spacial score (nSPS) is 21.3. The van der Waals surface area contributed by atoms with E-state index in [2.05, 4.69) is 4.98 Å². The summed E-state index contributed by atoms with van der Waals surface area (Å²) in [7, 11) is 0. The first-order valence-corrected chi connectivity index (χ1v) is 6.61. The second-order valence-corrected chi connectivity index (χ2v) is 5.07. The zero-order chi connectivity index (χ0) is 14.2. The van der Waals surface area contributed by atoms with Crippen LogP contribution < -0.4 is 10.6 Å². The fraction of sp³-hybridized carbons (Fsp3) is 0.538. The molecule has 2 aliphatic heterocycles. The van der Waals surface area contributed by atoms with E-state index in [1.165, 1.54) is 12.3 Å². The van der Waals surface area contributed by atoms with Crippen molar-refractivity contribution in [3.63, 3.8) is 0 Å². The predicted octanol–water partition coefficient (Wildman–Crippen LogP) is 0.705. The van der Waals surface area contributed by atoms with Crippen LogP contribution in [0, 0.1) is 0 Å². The van der Waals surface area contributed by atoms with Crippen LogP contribution in [0.5, 0.6) is 0 Å². The minimum atomic E-state index is -1.03. The Morgan fingerprint density at radius 3 is 2.85 bits per heavy atom. The molecule has 7 heteroatoms. The third-order valence-corrected chi connectivity index (χ3v) is 3.67. The fourth-order valence-electron chi connectivity index (χ4n) is 2.76. The summed E-state index contributed by atoms with van der Waals surface area (Å²) < 4.78 is 11.4. The number of anilines is 2. The fourth-order valence-corrected chi connectivity index (χ4v) is 2.76. The molecule has 0 saturated carbocycles. The van der Waals surface area contributed by atoms with Crippen molar-refractivity contribution in [2.75, 3.05) is 36.9 Å². The molecule has 3 heterocycles. The van der Waals surface area contributed by atoms with Gasteiger partial charge in [0, 0.05) is 19.2 Å². The van der Waals surface area contributed by atoms with Crippen LogP contribution in [0.25, 0.3) is 0 Å². The third-order valence-electron chi connectivity index (χ3n) is 3.67. The molecule has 3 rings (SSSR count). The number of hydrogen-bond acceptors (Lipinski definition) is 6. The summed E-state index contributed by atoms with van der Waals surface area (Å²) in [6.45, 7) is 2.58. The first-order valence-electron chi connectivity index (χ1n) is 6.61. The van der Waals surface area contributed by atoms with E-state index in [9.17, 15) is 4.79 Å². The first kappa shape index (κ1) is 13.1. The Hall–Kier alpha value is -1.86. The van der Waals surface area contributed by atoms with Gasteiger partial charge in [-0.1, -0.05) is 0 Å². The molecule has 7 nitrogen and oxygen atoms in total. The number of hydrogen-bond donors (Lipinski definition) is 2. The van der Waals surface area contributed by atoms with Gasteiger partial charge in [-0.2, -0.15) is 0 Å². The van der Waals surface area contributed by atoms with Crippen molar-refractivity contribution in [1.82, 2.24) is 4.98 Å². The van der Waals surface area contributed by atoms with Gasteiger partial charge in [-0.15, -0.1) is 0 Å². The van der Waals surface area contributed by atoms with E-state index in [4.69, 9.17) is 20.3 Å². The summed E-state index contributed by atoms with van der Waals surface area (Å²) in [5.74, 6) is -1.00. The van der Waals surface area contributed by atoms with Crippen molar-refractivity contribution < 1.29 is 19.4 Å². The van der Waals surface area contributed by atoms with Crippen LogP contribution >= 0.6 is 0 Å². The number of carbonyl (C=O) groups is 1. The number of piperidine rings is 1. The van der Waals surface area contributed by atoms with Crippen molar-refractivity contribution in [2.45, 2.75) is 18.6 Å². The molecule has 0 radical (unpaired) electrons. The maximum absolute atomic E-state index is 10.9. The number of rotatable bonds is 2. The lowest BCUT2D eigenvalue weighted by molar-refractivity contribution is -0.161. The second kappa shape index (κ2) is 4.92. The van der Waals surface area contributed by atoms with Crippen LogP contribution in [0.2, 0.25) is 0 Å². The van der Waals surface area contributed by atoms with Gasteiger partial charge in [0.2, 0.25) is 0 Å². The quantitative estimate of drug-likeness (QED) is 0.822. The Balaban J connectivity index is 1.83. The van der Waals surface area contributed by atoms with Crippen LogP contribution in [0.3, 0.4) is 0 Å². The molecule has 1 aromatic rings. The summed E-state index contributed by atoms with van der Waals surface area (Å²) >= 11 is 0. The van der Waals surface area contributed by atoms with Gasteiger partial charge in [0.15, 0.2) is 11.6 Å². The van der Waals surface area contributed by atoms with E-state index in [-0.39, 0.29) is 5.56 Å². The third kappa shape index (κ3) is 2.30. The van der Waals surface area contributed by atoms with Gasteiger partial charge >= 0.3 is 5.97 Å². The van der Waals surface area contributed by atoms with E-state index >= 15 is 0 Å². The molecule has 108 valence electrons. The highest BCUT2D eigenvalue weighted by molar-refractivity contribution is 5.89. The SMILES string of the molecule is Nc1cc(C(=O)O)cnc1N1CCCC2(C1)OCCO2. The van der Waals surface area contributed by atoms with Crippen molar-refractivity contribution in [1.29, 1.82) is 0 Å². The highest BCUT2D eigenvalue weighted by atomic mass is 16.7. The second-order valence-electron chi connectivity index (χ2n) is 5.07. The highest BCUT2D eigenvalue weighted by Crippen LogP contribution is 2.33. The lowest BCUT2D eigenvalue weighted by Crippen LogP contribution is -2.49.